The lowest BCUT2D eigenvalue weighted by Crippen LogP contribution is -1.92. The number of carbonyl (C=O) groups excluding carboxylic acids is 1. The van der Waals surface area contributed by atoms with Crippen molar-refractivity contribution in [1.82, 2.24) is 0 Å². The van der Waals surface area contributed by atoms with Gasteiger partial charge in [-0.25, -0.2) is 0 Å². The van der Waals surface area contributed by atoms with E-state index in [-0.39, 0.29) is 5.78 Å². The van der Waals surface area contributed by atoms with Crippen molar-refractivity contribution in [3.63, 3.8) is 0 Å². The zero-order valence-corrected chi connectivity index (χ0v) is 12.4. The highest BCUT2D eigenvalue weighted by Gasteiger charge is 1.98. The molecule has 0 bridgehead atoms. The highest BCUT2D eigenvalue weighted by atomic mass is 32.1. The first kappa shape index (κ1) is 14.9. The van der Waals surface area contributed by atoms with Crippen LogP contribution in [0.3, 0.4) is 0 Å². The quantitative estimate of drug-likeness (QED) is 0.471. The third-order valence-corrected chi connectivity index (χ3v) is 3.34. The van der Waals surface area contributed by atoms with Crippen LogP contribution in [0, 0.1) is 0 Å². The number of thiophene rings is 1. The molecule has 0 aliphatic rings. The Kier molecular flexibility index (Phi) is 6.17. The van der Waals surface area contributed by atoms with E-state index in [1.54, 1.807) is 17.4 Å². The molecule has 3 rings (SSSR count). The topological polar surface area (TPSA) is 17.1 Å². The molecule has 1 aromatic heterocycles. The number of ketones is 1. The van der Waals surface area contributed by atoms with Crippen molar-refractivity contribution in [3.8, 4) is 0 Å². The minimum absolute atomic E-state index is 0.0319. The van der Waals surface area contributed by atoms with E-state index in [4.69, 9.17) is 0 Å². The lowest BCUT2D eigenvalue weighted by Gasteiger charge is -1.94. The van der Waals surface area contributed by atoms with E-state index in [2.05, 4.69) is 0 Å². The molecule has 0 fully saturated rings. The van der Waals surface area contributed by atoms with Crippen LogP contribution in [-0.2, 0) is 0 Å². The van der Waals surface area contributed by atoms with Crippen LogP contribution in [0.1, 0.15) is 15.9 Å². The highest BCUT2D eigenvalue weighted by molar-refractivity contribution is 7.07. The first-order valence-electron chi connectivity index (χ1n) is 6.66. The average Bonchev–Trinajstić information content (AvgIpc) is 3.14. The van der Waals surface area contributed by atoms with Crippen LogP contribution in [-0.4, -0.2) is 5.78 Å². The molecule has 21 heavy (non-hydrogen) atoms. The number of hydrogen-bond donors (Lipinski definition) is 0. The molecule has 3 aromatic rings. The van der Waals surface area contributed by atoms with Gasteiger partial charge in [0.15, 0.2) is 5.78 Å². The summed E-state index contributed by atoms with van der Waals surface area (Å²) in [6, 6.07) is 23.1. The highest BCUT2D eigenvalue weighted by Crippen LogP contribution is 2.05. The molecule has 0 unspecified atom stereocenters. The molecule has 0 amide bonds. The van der Waals surface area contributed by atoms with E-state index in [1.165, 1.54) is 0 Å². The number of benzene rings is 2. The van der Waals surface area contributed by atoms with Gasteiger partial charge in [-0.3, -0.25) is 4.79 Å². The minimum atomic E-state index is 0.0319. The van der Waals surface area contributed by atoms with E-state index in [0.29, 0.717) is 0 Å². The molecule has 104 valence electrons. The number of hydrogen-bond acceptors (Lipinski definition) is 2. The summed E-state index contributed by atoms with van der Waals surface area (Å²) in [5.74, 6) is 0.0319. The number of rotatable bonds is 3. The fourth-order valence-corrected chi connectivity index (χ4v) is 2.12. The van der Waals surface area contributed by atoms with Crippen molar-refractivity contribution in [2.45, 2.75) is 0 Å². The van der Waals surface area contributed by atoms with Crippen molar-refractivity contribution in [1.29, 1.82) is 0 Å². The van der Waals surface area contributed by atoms with Gasteiger partial charge in [-0.1, -0.05) is 78.9 Å². The summed E-state index contributed by atoms with van der Waals surface area (Å²) in [6.45, 7) is 0. The van der Waals surface area contributed by atoms with Crippen LogP contribution in [0.5, 0.6) is 0 Å². The summed E-state index contributed by atoms with van der Waals surface area (Å²) in [5, 5.41) is 4.08. The van der Waals surface area contributed by atoms with Gasteiger partial charge in [0.25, 0.3) is 0 Å². The lowest BCUT2D eigenvalue weighted by atomic mass is 10.1. The monoisotopic (exact) mass is 292 g/mol. The molecule has 2 heteroatoms. The summed E-state index contributed by atoms with van der Waals surface area (Å²) >= 11 is 1.71. The summed E-state index contributed by atoms with van der Waals surface area (Å²) in [7, 11) is 0. The van der Waals surface area contributed by atoms with E-state index < -0.39 is 0 Å². The maximum absolute atomic E-state index is 11.7. The summed E-state index contributed by atoms with van der Waals surface area (Å²) < 4.78 is 0. The molecule has 0 saturated carbocycles. The van der Waals surface area contributed by atoms with Crippen LogP contribution in [0.15, 0.2) is 89.6 Å². The normalized spacial score (nSPS) is 9.90. The van der Waals surface area contributed by atoms with Gasteiger partial charge in [-0.15, -0.1) is 0 Å². The third kappa shape index (κ3) is 5.59. The first-order chi connectivity index (χ1) is 10.4. The Morgan fingerprint density at radius 1 is 0.762 bits per heavy atom. The molecule has 0 spiro atoms. The summed E-state index contributed by atoms with van der Waals surface area (Å²) in [6.07, 6.45) is 3.43. The second kappa shape index (κ2) is 8.67. The Balaban J connectivity index is 0.000000272. The Morgan fingerprint density at radius 3 is 1.86 bits per heavy atom. The standard InChI is InChI=1S/C15H12O.C4H4S/c16-15(14-9-5-2-6-10-14)12-11-13-7-3-1-4-8-13;1-2-4-5-3-1/h1-12H;1-4H. The lowest BCUT2D eigenvalue weighted by molar-refractivity contribution is 0.104. The van der Waals surface area contributed by atoms with Crippen molar-refractivity contribution in [3.05, 3.63) is 101 Å². The Labute approximate surface area is 129 Å². The molecular weight excluding hydrogens is 276 g/mol. The Bertz CT molecular complexity index is 638. The molecule has 0 N–H and O–H groups in total. The second-order valence-electron chi connectivity index (χ2n) is 4.27. The smallest absolute Gasteiger partial charge is 0.185 e. The fraction of sp³-hybridized carbons (Fsp3) is 0. The largest absolute Gasteiger partial charge is 0.289 e. The second-order valence-corrected chi connectivity index (χ2v) is 5.08. The van der Waals surface area contributed by atoms with Gasteiger partial charge >= 0.3 is 0 Å². The molecule has 1 nitrogen and oxygen atoms in total. The predicted octanol–water partition coefficient (Wildman–Crippen LogP) is 5.33. The Hall–Kier alpha value is -2.45. The maximum Gasteiger partial charge on any atom is 0.185 e. The summed E-state index contributed by atoms with van der Waals surface area (Å²) in [4.78, 5) is 11.7. The van der Waals surface area contributed by atoms with Crippen molar-refractivity contribution >= 4 is 23.2 Å². The molecule has 0 saturated heterocycles. The van der Waals surface area contributed by atoms with Crippen molar-refractivity contribution < 1.29 is 4.79 Å². The van der Waals surface area contributed by atoms with Crippen LogP contribution < -0.4 is 0 Å². The van der Waals surface area contributed by atoms with Gasteiger partial charge in [0, 0.05) is 5.56 Å². The van der Waals surface area contributed by atoms with E-state index in [9.17, 15) is 4.79 Å². The minimum Gasteiger partial charge on any atom is -0.289 e. The van der Waals surface area contributed by atoms with Gasteiger partial charge in [-0.2, -0.15) is 11.3 Å². The fourth-order valence-electron chi connectivity index (χ4n) is 1.66. The molecule has 2 aromatic carbocycles. The zero-order valence-electron chi connectivity index (χ0n) is 11.6. The van der Waals surface area contributed by atoms with Gasteiger partial charge in [0.05, 0.1) is 0 Å². The summed E-state index contributed by atoms with van der Waals surface area (Å²) in [5.41, 5.74) is 1.75. The van der Waals surface area contributed by atoms with E-state index >= 15 is 0 Å². The number of allylic oxidation sites excluding steroid dienone is 1. The van der Waals surface area contributed by atoms with Crippen molar-refractivity contribution in [2.75, 3.05) is 0 Å². The maximum atomic E-state index is 11.7. The van der Waals surface area contributed by atoms with Crippen LogP contribution in [0.25, 0.3) is 6.08 Å². The predicted molar refractivity (Wildman–Crippen MR) is 90.6 cm³/mol. The van der Waals surface area contributed by atoms with Crippen LogP contribution >= 0.6 is 11.3 Å². The molecule has 1 heterocycles. The Morgan fingerprint density at radius 2 is 1.33 bits per heavy atom. The van der Waals surface area contributed by atoms with Gasteiger partial charge in [0.2, 0.25) is 0 Å². The molecular formula is C19H16OS. The molecule has 0 atom stereocenters. The number of carbonyl (C=O) groups is 1. The van der Waals surface area contributed by atoms with Crippen LogP contribution in [0.4, 0.5) is 0 Å². The zero-order chi connectivity index (χ0) is 14.8. The SMILES string of the molecule is O=C(C=Cc1ccccc1)c1ccccc1.c1ccsc1. The van der Waals surface area contributed by atoms with Crippen LogP contribution in [0.2, 0.25) is 0 Å². The molecule has 0 radical (unpaired) electrons. The molecule has 0 aliphatic carbocycles. The van der Waals surface area contributed by atoms with Gasteiger partial charge < -0.3 is 0 Å². The van der Waals surface area contributed by atoms with E-state index in [1.807, 2.05) is 89.6 Å². The third-order valence-electron chi connectivity index (χ3n) is 2.71. The average molecular weight is 292 g/mol. The van der Waals surface area contributed by atoms with Crippen molar-refractivity contribution in [2.24, 2.45) is 0 Å². The molecule has 0 aliphatic heterocycles. The van der Waals surface area contributed by atoms with E-state index in [0.717, 1.165) is 11.1 Å². The van der Waals surface area contributed by atoms with Gasteiger partial charge in [0.1, 0.15) is 0 Å². The van der Waals surface area contributed by atoms with Gasteiger partial charge in [-0.05, 0) is 22.4 Å². The first-order valence-corrected chi connectivity index (χ1v) is 7.60.